The largest absolute Gasteiger partial charge is 0.493 e. The molecule has 1 aromatic rings. The van der Waals surface area contributed by atoms with Crippen LogP contribution in [0, 0.1) is 35.5 Å². The molecule has 2 atom stereocenters. The third-order valence-corrected chi connectivity index (χ3v) is 8.58. The van der Waals surface area contributed by atoms with Gasteiger partial charge in [-0.15, -0.1) is 0 Å². The topological polar surface area (TPSA) is 9.23 Å². The molecule has 0 spiro atoms. The molecule has 3 aliphatic rings. The average Bonchev–Trinajstić information content (AvgIpc) is 2.80. The summed E-state index contributed by atoms with van der Waals surface area (Å²) in [4.78, 5) is 0. The molecule has 2 fully saturated rings. The molecule has 2 unspecified atom stereocenters. The molecule has 0 radical (unpaired) electrons. The zero-order valence-corrected chi connectivity index (χ0v) is 19.5. The first-order chi connectivity index (χ1) is 14.7. The normalized spacial score (nSPS) is 34.6. The molecule has 4 rings (SSSR count). The Morgan fingerprint density at radius 2 is 1.37 bits per heavy atom. The summed E-state index contributed by atoms with van der Waals surface area (Å²) in [7, 11) is 0. The highest BCUT2D eigenvalue weighted by Crippen LogP contribution is 2.44. The molecule has 0 heterocycles. The zero-order chi connectivity index (χ0) is 20.8. The number of hydrogen-bond acceptors (Lipinski definition) is 1. The summed E-state index contributed by atoms with van der Waals surface area (Å²) in [6, 6.07) is 8.73. The monoisotopic (exact) mass is 408 g/mol. The van der Waals surface area contributed by atoms with Crippen molar-refractivity contribution in [3.05, 3.63) is 42.0 Å². The summed E-state index contributed by atoms with van der Waals surface area (Å²) in [6.07, 6.45) is 22.1. The van der Waals surface area contributed by atoms with Crippen molar-refractivity contribution < 1.29 is 4.74 Å². The van der Waals surface area contributed by atoms with E-state index in [0.717, 1.165) is 48.4 Å². The predicted molar refractivity (Wildman–Crippen MR) is 128 cm³/mol. The van der Waals surface area contributed by atoms with Gasteiger partial charge in [-0.05, 0) is 105 Å². The molecule has 1 heteroatoms. The second-order valence-corrected chi connectivity index (χ2v) is 10.8. The molecule has 0 amide bonds. The highest BCUT2D eigenvalue weighted by Gasteiger charge is 2.32. The maximum absolute atomic E-state index is 6.10. The first-order valence-corrected chi connectivity index (χ1v) is 13.1. The predicted octanol–water partition coefficient (Wildman–Crippen LogP) is 8.23. The Labute approximate surface area is 185 Å². The summed E-state index contributed by atoms with van der Waals surface area (Å²) >= 11 is 0. The van der Waals surface area contributed by atoms with Gasteiger partial charge >= 0.3 is 0 Å². The average molecular weight is 409 g/mol. The minimum atomic E-state index is 0.595. The van der Waals surface area contributed by atoms with Gasteiger partial charge in [0.2, 0.25) is 0 Å². The van der Waals surface area contributed by atoms with E-state index in [0.29, 0.717) is 5.92 Å². The molecular formula is C29H44O. The molecule has 3 aliphatic carbocycles. The van der Waals surface area contributed by atoms with Gasteiger partial charge in [0.1, 0.15) is 5.75 Å². The van der Waals surface area contributed by atoms with E-state index in [1.807, 2.05) is 0 Å². The number of benzene rings is 1. The summed E-state index contributed by atoms with van der Waals surface area (Å²) in [5.74, 6) is 6.50. The summed E-state index contributed by atoms with van der Waals surface area (Å²) < 4.78 is 6.10. The van der Waals surface area contributed by atoms with Gasteiger partial charge in [-0.3, -0.25) is 0 Å². The van der Waals surface area contributed by atoms with E-state index in [4.69, 9.17) is 4.74 Å². The van der Waals surface area contributed by atoms with Gasteiger partial charge in [-0.25, -0.2) is 0 Å². The van der Waals surface area contributed by atoms with E-state index in [1.165, 1.54) is 76.2 Å². The van der Waals surface area contributed by atoms with Crippen LogP contribution in [0.4, 0.5) is 0 Å². The summed E-state index contributed by atoms with van der Waals surface area (Å²) in [5.41, 5.74) is 1.41. The first kappa shape index (κ1) is 22.0. The van der Waals surface area contributed by atoms with Crippen LogP contribution in [-0.4, -0.2) is 6.61 Å². The summed E-state index contributed by atoms with van der Waals surface area (Å²) in [6.45, 7) is 5.52. The van der Waals surface area contributed by atoms with Gasteiger partial charge in [0.25, 0.3) is 0 Å². The highest BCUT2D eigenvalue weighted by molar-refractivity contribution is 5.27. The van der Waals surface area contributed by atoms with Crippen molar-refractivity contribution in [1.82, 2.24) is 0 Å². The van der Waals surface area contributed by atoms with Gasteiger partial charge in [0.15, 0.2) is 0 Å². The lowest BCUT2D eigenvalue weighted by molar-refractivity contribution is 0.131. The number of ether oxygens (including phenoxy) is 1. The third kappa shape index (κ3) is 5.92. The van der Waals surface area contributed by atoms with E-state index in [-0.39, 0.29) is 0 Å². The molecule has 0 saturated heterocycles. The lowest BCUT2D eigenvalue weighted by Gasteiger charge is -2.39. The smallest absolute Gasteiger partial charge is 0.119 e. The second-order valence-electron chi connectivity index (χ2n) is 10.8. The Balaban J connectivity index is 1.18. The molecule has 0 N–H and O–H groups in total. The maximum Gasteiger partial charge on any atom is 0.119 e. The molecule has 0 aliphatic heterocycles. The van der Waals surface area contributed by atoms with E-state index in [9.17, 15) is 0 Å². The van der Waals surface area contributed by atoms with Crippen LogP contribution in [0.1, 0.15) is 90.0 Å². The first-order valence-electron chi connectivity index (χ1n) is 13.1. The van der Waals surface area contributed by atoms with Crippen LogP contribution >= 0.6 is 0 Å². The number of aryl methyl sites for hydroxylation is 1. The number of hydrogen-bond donors (Lipinski definition) is 0. The van der Waals surface area contributed by atoms with Crippen molar-refractivity contribution in [2.45, 2.75) is 90.9 Å². The minimum absolute atomic E-state index is 0.595. The van der Waals surface area contributed by atoms with Crippen LogP contribution in [0.5, 0.6) is 5.75 Å². The van der Waals surface area contributed by atoms with Crippen molar-refractivity contribution in [1.29, 1.82) is 0 Å². The lowest BCUT2D eigenvalue weighted by Crippen LogP contribution is -2.28. The zero-order valence-electron chi connectivity index (χ0n) is 19.5. The van der Waals surface area contributed by atoms with Gasteiger partial charge < -0.3 is 4.74 Å². The van der Waals surface area contributed by atoms with Crippen molar-refractivity contribution in [3.63, 3.8) is 0 Å². The molecule has 2 saturated carbocycles. The molecule has 1 aromatic carbocycles. The molecule has 0 aromatic heterocycles. The van der Waals surface area contributed by atoms with Crippen LogP contribution in [0.15, 0.2) is 36.4 Å². The molecule has 30 heavy (non-hydrogen) atoms. The van der Waals surface area contributed by atoms with Gasteiger partial charge in [0.05, 0.1) is 6.61 Å². The molecular weight excluding hydrogens is 364 g/mol. The molecule has 166 valence electrons. The Morgan fingerprint density at radius 3 is 1.97 bits per heavy atom. The summed E-state index contributed by atoms with van der Waals surface area (Å²) in [5, 5.41) is 0. The van der Waals surface area contributed by atoms with Crippen LogP contribution in [0.25, 0.3) is 0 Å². The second kappa shape index (κ2) is 10.9. The van der Waals surface area contributed by atoms with Crippen molar-refractivity contribution >= 4 is 0 Å². The van der Waals surface area contributed by atoms with Crippen LogP contribution in [0.3, 0.4) is 0 Å². The van der Waals surface area contributed by atoms with Crippen LogP contribution < -0.4 is 4.74 Å². The van der Waals surface area contributed by atoms with Crippen LogP contribution in [-0.2, 0) is 6.42 Å². The quantitative estimate of drug-likeness (QED) is 0.413. The van der Waals surface area contributed by atoms with Crippen molar-refractivity contribution in [2.75, 3.05) is 6.61 Å². The SMILES string of the molecule is CCCc1ccc(OCC2C=CC(C3CCC(C4CCC(C)CC4)CC3)CC2)cc1. The number of allylic oxidation sites excluding steroid dienone is 1. The molecule has 0 bridgehead atoms. The Morgan fingerprint density at radius 1 is 0.733 bits per heavy atom. The fourth-order valence-corrected chi connectivity index (χ4v) is 6.48. The van der Waals surface area contributed by atoms with Gasteiger partial charge in [-0.1, -0.05) is 57.4 Å². The fraction of sp³-hybridized carbons (Fsp3) is 0.724. The third-order valence-electron chi connectivity index (χ3n) is 8.58. The van der Waals surface area contributed by atoms with E-state index < -0.39 is 0 Å². The molecule has 1 nitrogen and oxygen atoms in total. The van der Waals surface area contributed by atoms with Crippen molar-refractivity contribution in [2.24, 2.45) is 35.5 Å². The highest BCUT2D eigenvalue weighted by atomic mass is 16.5. The fourth-order valence-electron chi connectivity index (χ4n) is 6.48. The van der Waals surface area contributed by atoms with E-state index in [1.54, 1.807) is 0 Å². The van der Waals surface area contributed by atoms with Gasteiger partial charge in [-0.2, -0.15) is 0 Å². The Bertz CT molecular complexity index is 643. The Kier molecular flexibility index (Phi) is 7.96. The lowest BCUT2D eigenvalue weighted by atomic mass is 9.66. The minimum Gasteiger partial charge on any atom is -0.493 e. The van der Waals surface area contributed by atoms with Crippen LogP contribution in [0.2, 0.25) is 0 Å². The standard InChI is InChI=1S/C29H44O/c1-3-4-23-9-19-29(20-10-23)30-21-24-7-13-26(14-8-24)28-17-15-27(16-18-28)25-11-5-22(2)6-12-25/h7,9-10,13,19-20,22,24-28H,3-6,8,11-12,14-18,21H2,1-2H3. The van der Waals surface area contributed by atoms with E-state index >= 15 is 0 Å². The maximum atomic E-state index is 6.10. The number of rotatable bonds is 7. The van der Waals surface area contributed by atoms with Crippen molar-refractivity contribution in [3.8, 4) is 5.75 Å². The van der Waals surface area contributed by atoms with Gasteiger partial charge in [0, 0.05) is 5.92 Å². The Hall–Kier alpha value is -1.24. The van der Waals surface area contributed by atoms with E-state index in [2.05, 4.69) is 50.3 Å².